The Kier molecular flexibility index (Phi) is 5.19. The van der Waals surface area contributed by atoms with Gasteiger partial charge < -0.3 is 19.9 Å². The van der Waals surface area contributed by atoms with E-state index in [-0.39, 0.29) is 0 Å². The molecule has 6 heteroatoms. The van der Waals surface area contributed by atoms with Gasteiger partial charge in [-0.05, 0) is 24.3 Å². The molecule has 0 bridgehead atoms. The first-order valence-corrected chi connectivity index (χ1v) is 6.73. The lowest BCUT2D eigenvalue weighted by atomic mass is 10.1. The Balaban J connectivity index is 1.99. The molecule has 0 radical (unpaired) electrons. The number of aromatic nitrogens is 2. The molecule has 0 aliphatic carbocycles. The van der Waals surface area contributed by atoms with Crippen LogP contribution >= 0.6 is 0 Å². The molecule has 1 aromatic carbocycles. The van der Waals surface area contributed by atoms with Gasteiger partial charge in [-0.2, -0.15) is 5.10 Å². The first-order chi connectivity index (χ1) is 10.2. The molecule has 1 atom stereocenters. The Morgan fingerprint density at radius 2 is 2.10 bits per heavy atom. The van der Waals surface area contributed by atoms with Crippen LogP contribution in [0.5, 0.6) is 11.5 Å². The van der Waals surface area contributed by atoms with Crippen LogP contribution in [0.15, 0.2) is 30.5 Å². The number of hydrogen-bond acceptors (Lipinski definition) is 5. The van der Waals surface area contributed by atoms with Crippen LogP contribution in [-0.2, 0) is 13.6 Å². The Hall–Kier alpha value is -2.05. The standard InChI is InChI=1S/C15H21N3O3/c1-18-11(6-7-17-18)9-16-10-14(19)13-8-12(20-2)4-5-15(13)21-3/h4-8,14,16,19H,9-10H2,1-3H3. The number of aliphatic hydroxyl groups excluding tert-OH is 1. The quantitative estimate of drug-likeness (QED) is 0.804. The van der Waals surface area contributed by atoms with Crippen LogP contribution in [-0.4, -0.2) is 35.7 Å². The fraction of sp³-hybridized carbons (Fsp3) is 0.400. The highest BCUT2D eigenvalue weighted by Gasteiger charge is 2.14. The molecule has 0 saturated carbocycles. The van der Waals surface area contributed by atoms with Gasteiger partial charge in [0.15, 0.2) is 0 Å². The van der Waals surface area contributed by atoms with E-state index >= 15 is 0 Å². The topological polar surface area (TPSA) is 68.5 Å². The van der Waals surface area contributed by atoms with Gasteiger partial charge in [-0.1, -0.05) is 0 Å². The second kappa shape index (κ2) is 7.10. The zero-order valence-electron chi connectivity index (χ0n) is 12.5. The second-order valence-corrected chi connectivity index (χ2v) is 4.70. The number of aliphatic hydroxyl groups is 1. The maximum Gasteiger partial charge on any atom is 0.124 e. The monoisotopic (exact) mass is 291 g/mol. The molecule has 0 amide bonds. The Labute approximate surface area is 124 Å². The summed E-state index contributed by atoms with van der Waals surface area (Å²) in [7, 11) is 5.07. The molecule has 2 aromatic rings. The molecule has 1 heterocycles. The van der Waals surface area contributed by atoms with E-state index in [4.69, 9.17) is 9.47 Å². The lowest BCUT2D eigenvalue weighted by Gasteiger charge is -2.16. The number of methoxy groups -OCH3 is 2. The number of nitrogens with one attached hydrogen (secondary N) is 1. The molecule has 114 valence electrons. The lowest BCUT2D eigenvalue weighted by molar-refractivity contribution is 0.169. The predicted octanol–water partition coefficient (Wildman–Crippen LogP) is 1.26. The maximum absolute atomic E-state index is 10.3. The van der Waals surface area contributed by atoms with Crippen molar-refractivity contribution in [3.05, 3.63) is 41.7 Å². The van der Waals surface area contributed by atoms with Crippen molar-refractivity contribution in [3.63, 3.8) is 0 Å². The smallest absolute Gasteiger partial charge is 0.124 e. The van der Waals surface area contributed by atoms with Gasteiger partial charge in [0.05, 0.1) is 26.0 Å². The van der Waals surface area contributed by atoms with Crippen molar-refractivity contribution < 1.29 is 14.6 Å². The molecule has 0 fully saturated rings. The van der Waals surface area contributed by atoms with Crippen LogP contribution in [0.4, 0.5) is 0 Å². The van der Waals surface area contributed by atoms with Crippen molar-refractivity contribution in [2.45, 2.75) is 12.6 Å². The van der Waals surface area contributed by atoms with Gasteiger partial charge in [-0.15, -0.1) is 0 Å². The molecule has 0 spiro atoms. The van der Waals surface area contributed by atoms with Crippen LogP contribution in [0.3, 0.4) is 0 Å². The highest BCUT2D eigenvalue weighted by molar-refractivity contribution is 5.41. The minimum Gasteiger partial charge on any atom is -0.497 e. The third-order valence-corrected chi connectivity index (χ3v) is 3.36. The highest BCUT2D eigenvalue weighted by Crippen LogP contribution is 2.29. The van der Waals surface area contributed by atoms with Crippen molar-refractivity contribution in [2.75, 3.05) is 20.8 Å². The van der Waals surface area contributed by atoms with E-state index in [2.05, 4.69) is 10.4 Å². The van der Waals surface area contributed by atoms with E-state index in [0.717, 1.165) is 5.69 Å². The summed E-state index contributed by atoms with van der Waals surface area (Å²) < 4.78 is 12.3. The van der Waals surface area contributed by atoms with Crippen molar-refractivity contribution in [1.29, 1.82) is 0 Å². The van der Waals surface area contributed by atoms with Gasteiger partial charge in [-0.3, -0.25) is 4.68 Å². The maximum atomic E-state index is 10.3. The summed E-state index contributed by atoms with van der Waals surface area (Å²) in [5.41, 5.74) is 1.76. The van der Waals surface area contributed by atoms with Gasteiger partial charge in [0.1, 0.15) is 11.5 Å². The third-order valence-electron chi connectivity index (χ3n) is 3.36. The highest BCUT2D eigenvalue weighted by atomic mass is 16.5. The molecule has 0 aliphatic heterocycles. The summed E-state index contributed by atoms with van der Waals surface area (Å²) >= 11 is 0. The average Bonchev–Trinajstić information content (AvgIpc) is 2.91. The van der Waals surface area contributed by atoms with E-state index in [9.17, 15) is 5.11 Å². The van der Waals surface area contributed by atoms with Crippen LogP contribution in [0.2, 0.25) is 0 Å². The van der Waals surface area contributed by atoms with Crippen LogP contribution < -0.4 is 14.8 Å². The number of benzene rings is 1. The van der Waals surface area contributed by atoms with Gasteiger partial charge in [0, 0.05) is 31.9 Å². The molecule has 0 aliphatic rings. The first-order valence-electron chi connectivity index (χ1n) is 6.73. The second-order valence-electron chi connectivity index (χ2n) is 4.70. The average molecular weight is 291 g/mol. The van der Waals surface area contributed by atoms with Crippen LogP contribution in [0.25, 0.3) is 0 Å². The molecule has 2 rings (SSSR count). The van der Waals surface area contributed by atoms with Crippen molar-refractivity contribution in [2.24, 2.45) is 7.05 Å². The third kappa shape index (κ3) is 3.74. The Morgan fingerprint density at radius 3 is 2.71 bits per heavy atom. The SMILES string of the molecule is COc1ccc(OC)c(C(O)CNCc2ccnn2C)c1. The minimum atomic E-state index is -0.678. The number of hydrogen-bond donors (Lipinski definition) is 2. The summed E-state index contributed by atoms with van der Waals surface area (Å²) in [5.74, 6) is 1.34. The van der Waals surface area contributed by atoms with E-state index < -0.39 is 6.10 Å². The van der Waals surface area contributed by atoms with Gasteiger partial charge in [-0.25, -0.2) is 0 Å². The van der Waals surface area contributed by atoms with Crippen molar-refractivity contribution in [3.8, 4) is 11.5 Å². The molecule has 21 heavy (non-hydrogen) atoms. The minimum absolute atomic E-state index is 0.411. The summed E-state index contributed by atoms with van der Waals surface area (Å²) in [6, 6.07) is 7.32. The zero-order chi connectivity index (χ0) is 15.2. The molecule has 1 unspecified atom stereocenters. The van der Waals surface area contributed by atoms with E-state index in [1.807, 2.05) is 13.1 Å². The summed E-state index contributed by atoms with van der Waals surface area (Å²) in [5, 5.41) is 17.6. The molecule has 1 aromatic heterocycles. The van der Waals surface area contributed by atoms with Crippen molar-refractivity contribution >= 4 is 0 Å². The van der Waals surface area contributed by atoms with E-state index in [1.54, 1.807) is 43.3 Å². The number of nitrogens with zero attached hydrogens (tertiary/aromatic N) is 2. The Bertz CT molecular complexity index is 583. The van der Waals surface area contributed by atoms with Crippen molar-refractivity contribution in [1.82, 2.24) is 15.1 Å². The molecule has 0 saturated heterocycles. The first kappa shape index (κ1) is 15.3. The van der Waals surface area contributed by atoms with Gasteiger partial charge >= 0.3 is 0 Å². The summed E-state index contributed by atoms with van der Waals surface area (Å²) in [6.07, 6.45) is 1.07. The van der Waals surface area contributed by atoms with Gasteiger partial charge in [0.2, 0.25) is 0 Å². The fourth-order valence-corrected chi connectivity index (χ4v) is 2.12. The van der Waals surface area contributed by atoms with Gasteiger partial charge in [0.25, 0.3) is 0 Å². The number of aryl methyl sites for hydroxylation is 1. The summed E-state index contributed by atoms with van der Waals surface area (Å²) in [4.78, 5) is 0. The predicted molar refractivity (Wildman–Crippen MR) is 79.4 cm³/mol. The van der Waals surface area contributed by atoms with Crippen LogP contribution in [0.1, 0.15) is 17.4 Å². The molecule has 2 N–H and O–H groups in total. The van der Waals surface area contributed by atoms with Crippen LogP contribution in [0, 0.1) is 0 Å². The molecular formula is C15H21N3O3. The zero-order valence-corrected chi connectivity index (χ0v) is 12.5. The largest absolute Gasteiger partial charge is 0.497 e. The number of rotatable bonds is 7. The number of ether oxygens (including phenoxy) is 2. The van der Waals surface area contributed by atoms with E-state index in [1.165, 1.54) is 0 Å². The normalized spacial score (nSPS) is 12.2. The fourth-order valence-electron chi connectivity index (χ4n) is 2.12. The van der Waals surface area contributed by atoms with E-state index in [0.29, 0.717) is 30.2 Å². The summed E-state index contributed by atoms with van der Waals surface area (Å²) in [6.45, 7) is 1.05. The Morgan fingerprint density at radius 1 is 1.29 bits per heavy atom. The molecule has 6 nitrogen and oxygen atoms in total. The molecular weight excluding hydrogens is 270 g/mol. The lowest BCUT2D eigenvalue weighted by Crippen LogP contribution is -2.22.